The molecule has 2 aliphatic rings. The molecule has 0 bridgehead atoms. The van der Waals surface area contributed by atoms with Crippen LogP contribution in [0.4, 0.5) is 13.2 Å². The number of nitrogens with one attached hydrogen (secondary N) is 2. The number of thiocarbonyl (C=S) groups is 1. The molecule has 3 N–H and O–H groups in total. The Labute approximate surface area is 245 Å². The van der Waals surface area contributed by atoms with Crippen LogP contribution in [0.25, 0.3) is 0 Å². The predicted octanol–water partition coefficient (Wildman–Crippen LogP) is 5.52. The summed E-state index contributed by atoms with van der Waals surface area (Å²) in [7, 11) is 3.42. The van der Waals surface area contributed by atoms with Gasteiger partial charge in [-0.15, -0.1) is 0 Å². The summed E-state index contributed by atoms with van der Waals surface area (Å²) in [5.41, 5.74) is 2.85. The molecule has 1 aliphatic carbocycles. The number of halogens is 3. The maximum absolute atomic E-state index is 10.6. The Hall–Kier alpha value is -3.05. The van der Waals surface area contributed by atoms with Gasteiger partial charge in [0, 0.05) is 30.6 Å². The summed E-state index contributed by atoms with van der Waals surface area (Å²) < 4.78 is 42.9. The third-order valence-electron chi connectivity index (χ3n) is 7.81. The van der Waals surface area contributed by atoms with Gasteiger partial charge in [0.05, 0.1) is 14.2 Å². The number of carboxylic acid groups (broad SMARTS) is 1. The summed E-state index contributed by atoms with van der Waals surface area (Å²) in [6.07, 6.45) is -0.621. The molecule has 1 saturated carbocycles. The molecule has 0 amide bonds. The molecule has 11 heteroatoms. The Balaban J connectivity index is 0.000000587. The number of alkyl halides is 3. The molecule has 2 aromatic rings. The fourth-order valence-corrected chi connectivity index (χ4v) is 6.05. The van der Waals surface area contributed by atoms with Crippen molar-refractivity contribution < 1.29 is 32.5 Å². The normalized spacial score (nSPS) is 22.2. The van der Waals surface area contributed by atoms with Gasteiger partial charge in [0.15, 0.2) is 16.6 Å². The van der Waals surface area contributed by atoms with Crippen LogP contribution in [0.1, 0.15) is 50.7 Å². The first-order valence-corrected chi connectivity index (χ1v) is 14.2. The molecule has 1 heterocycles. The quantitative estimate of drug-likeness (QED) is 0.344. The highest BCUT2D eigenvalue weighted by atomic mass is 32.1. The van der Waals surface area contributed by atoms with Crippen molar-refractivity contribution in [3.8, 4) is 11.5 Å². The van der Waals surface area contributed by atoms with Crippen molar-refractivity contribution in [1.29, 1.82) is 0 Å². The Bertz CT molecular complexity index is 1170. The second kappa shape index (κ2) is 14.2. The third kappa shape index (κ3) is 8.48. The summed E-state index contributed by atoms with van der Waals surface area (Å²) in [6.45, 7) is 7.37. The average molecular weight is 596 g/mol. The molecule has 0 aromatic heterocycles. The number of rotatable bonds is 8. The van der Waals surface area contributed by atoms with E-state index in [9.17, 15) is 13.2 Å². The number of carboxylic acids is 1. The maximum atomic E-state index is 10.6. The molecule has 3 atom stereocenters. The van der Waals surface area contributed by atoms with Gasteiger partial charge in [0.1, 0.15) is 0 Å². The number of carbonyl (C=O) groups is 1. The van der Waals surface area contributed by atoms with Crippen LogP contribution in [0.15, 0.2) is 48.5 Å². The van der Waals surface area contributed by atoms with Crippen LogP contribution < -0.4 is 20.1 Å². The first-order valence-electron chi connectivity index (χ1n) is 13.7. The van der Waals surface area contributed by atoms with E-state index in [0.29, 0.717) is 18.0 Å². The van der Waals surface area contributed by atoms with Gasteiger partial charge in [-0.3, -0.25) is 4.90 Å². The number of fused-ring (bicyclic) bond motifs is 1. The molecule has 2 aromatic carbocycles. The van der Waals surface area contributed by atoms with Crippen LogP contribution in [0.3, 0.4) is 0 Å². The Morgan fingerprint density at radius 1 is 1.12 bits per heavy atom. The molecule has 226 valence electrons. The maximum Gasteiger partial charge on any atom is 0.490 e. The van der Waals surface area contributed by atoms with Gasteiger partial charge in [-0.2, -0.15) is 13.2 Å². The fraction of sp³-hybridized carbons (Fsp3) is 0.533. The van der Waals surface area contributed by atoms with E-state index in [2.05, 4.69) is 77.9 Å². The summed E-state index contributed by atoms with van der Waals surface area (Å²) in [5, 5.41) is 14.9. The lowest BCUT2D eigenvalue weighted by molar-refractivity contribution is -0.192. The van der Waals surface area contributed by atoms with E-state index in [-0.39, 0.29) is 5.41 Å². The summed E-state index contributed by atoms with van der Waals surface area (Å²) in [6, 6.07) is 18.2. The van der Waals surface area contributed by atoms with Crippen LogP contribution in [-0.4, -0.2) is 66.7 Å². The lowest BCUT2D eigenvalue weighted by Gasteiger charge is -2.46. The van der Waals surface area contributed by atoms with Crippen LogP contribution in [0.2, 0.25) is 0 Å². The first-order chi connectivity index (χ1) is 19.4. The van der Waals surface area contributed by atoms with Crippen molar-refractivity contribution >= 4 is 23.3 Å². The lowest BCUT2D eigenvalue weighted by atomic mass is 9.65. The van der Waals surface area contributed by atoms with E-state index >= 15 is 0 Å². The van der Waals surface area contributed by atoms with E-state index in [1.54, 1.807) is 14.2 Å². The Kier molecular flexibility index (Phi) is 11.3. The van der Waals surface area contributed by atoms with E-state index in [1.807, 2.05) is 0 Å². The van der Waals surface area contributed by atoms with Crippen molar-refractivity contribution in [3.05, 3.63) is 59.7 Å². The van der Waals surface area contributed by atoms with Crippen LogP contribution in [-0.2, 0) is 16.8 Å². The van der Waals surface area contributed by atoms with Gasteiger partial charge >= 0.3 is 12.1 Å². The second-order valence-electron chi connectivity index (χ2n) is 11.0. The average Bonchev–Trinajstić information content (AvgIpc) is 3.30. The molecule has 0 radical (unpaired) electrons. The number of ether oxygens (including phenoxy) is 2. The number of aliphatic carboxylic acids is 1. The number of hydrogen-bond acceptors (Lipinski definition) is 5. The number of likely N-dealkylation sites (tertiary alicyclic amines) is 1. The molecule has 41 heavy (non-hydrogen) atoms. The highest BCUT2D eigenvalue weighted by Crippen LogP contribution is 2.50. The summed E-state index contributed by atoms with van der Waals surface area (Å²) in [5.74, 6) is -0.586. The number of benzene rings is 2. The minimum Gasteiger partial charge on any atom is -0.493 e. The molecule has 0 unspecified atom stereocenters. The topological polar surface area (TPSA) is 83.1 Å². The van der Waals surface area contributed by atoms with Gasteiger partial charge in [0.25, 0.3) is 0 Å². The molecule has 0 spiro atoms. The van der Waals surface area contributed by atoms with Gasteiger partial charge in [0.2, 0.25) is 0 Å². The van der Waals surface area contributed by atoms with Crippen molar-refractivity contribution in [1.82, 2.24) is 15.5 Å². The van der Waals surface area contributed by atoms with E-state index < -0.39 is 12.1 Å². The Morgan fingerprint density at radius 3 is 2.37 bits per heavy atom. The number of methoxy groups -OCH3 is 2. The number of hydrogen-bond donors (Lipinski definition) is 3. The molecule has 2 fully saturated rings. The Morgan fingerprint density at radius 2 is 1.78 bits per heavy atom. The fourth-order valence-electron chi connectivity index (χ4n) is 5.80. The van der Waals surface area contributed by atoms with E-state index in [0.717, 1.165) is 61.9 Å². The highest BCUT2D eigenvalue weighted by molar-refractivity contribution is 7.80. The summed E-state index contributed by atoms with van der Waals surface area (Å²) >= 11 is 5.62. The smallest absolute Gasteiger partial charge is 0.490 e. The zero-order chi connectivity index (χ0) is 30.2. The monoisotopic (exact) mass is 595 g/mol. The van der Waals surface area contributed by atoms with Crippen molar-refractivity contribution in [3.63, 3.8) is 0 Å². The minimum absolute atomic E-state index is 0.111. The zero-order valence-corrected chi connectivity index (χ0v) is 24.8. The highest BCUT2D eigenvalue weighted by Gasteiger charge is 2.51. The third-order valence-corrected chi connectivity index (χ3v) is 8.07. The lowest BCUT2D eigenvalue weighted by Crippen LogP contribution is -2.53. The van der Waals surface area contributed by atoms with Gasteiger partial charge in [-0.1, -0.05) is 50.2 Å². The standard InChI is InChI=1S/C28H39N3O2S.C2HF3O2/c1-20(2)18-29-27(34)30-23-12-13-28(22-10-11-24(32-3)25(16-22)33-4)14-15-31(26(28)17-23)19-21-8-6-5-7-9-21;3-2(4,5)1(6)7/h5-11,16,20,23,26H,12-15,17-19H2,1-4H3,(H2,29,30,34);(H,6,7)/t23-,26+,28+;/m1./s1. The molecular formula is C30H40F3N3O4S. The molecule has 4 rings (SSSR count). The van der Waals surface area contributed by atoms with Crippen LogP contribution >= 0.6 is 12.2 Å². The molecule has 1 saturated heterocycles. The molecule has 7 nitrogen and oxygen atoms in total. The second-order valence-corrected chi connectivity index (χ2v) is 11.4. The zero-order valence-electron chi connectivity index (χ0n) is 24.0. The molecule has 1 aliphatic heterocycles. The van der Waals surface area contributed by atoms with Gasteiger partial charge in [-0.25, -0.2) is 4.79 Å². The minimum atomic E-state index is -5.08. The van der Waals surface area contributed by atoms with Crippen molar-refractivity contribution in [2.24, 2.45) is 5.92 Å². The van der Waals surface area contributed by atoms with Crippen LogP contribution in [0.5, 0.6) is 11.5 Å². The predicted molar refractivity (Wildman–Crippen MR) is 156 cm³/mol. The summed E-state index contributed by atoms with van der Waals surface area (Å²) in [4.78, 5) is 11.6. The van der Waals surface area contributed by atoms with E-state index in [4.69, 9.17) is 31.6 Å². The largest absolute Gasteiger partial charge is 0.493 e. The van der Waals surface area contributed by atoms with E-state index in [1.165, 1.54) is 11.1 Å². The van der Waals surface area contributed by atoms with Gasteiger partial charge < -0.3 is 25.2 Å². The number of nitrogens with zero attached hydrogens (tertiary/aromatic N) is 1. The van der Waals surface area contributed by atoms with Crippen molar-refractivity contribution in [2.45, 2.75) is 69.8 Å². The SMILES string of the molecule is COc1ccc([C@@]23CC[C@@H](NC(=S)NCC(C)C)C[C@@H]2N(Cc2ccccc2)CC3)cc1OC.O=C(O)C(F)(F)F. The van der Waals surface area contributed by atoms with Crippen molar-refractivity contribution in [2.75, 3.05) is 27.3 Å². The molecular weight excluding hydrogens is 555 g/mol. The van der Waals surface area contributed by atoms with Crippen LogP contribution in [0, 0.1) is 5.92 Å². The first kappa shape index (κ1) is 32.5. The van der Waals surface area contributed by atoms with Gasteiger partial charge in [-0.05, 0) is 73.6 Å².